The van der Waals surface area contributed by atoms with Crippen LogP contribution >= 0.6 is 0 Å². The van der Waals surface area contributed by atoms with E-state index in [0.29, 0.717) is 6.54 Å². The van der Waals surface area contributed by atoms with Crippen molar-refractivity contribution >= 4 is 6.03 Å². The van der Waals surface area contributed by atoms with Crippen molar-refractivity contribution in [3.8, 4) is 0 Å². The summed E-state index contributed by atoms with van der Waals surface area (Å²) in [5.41, 5.74) is 0.0395. The second-order valence-corrected chi connectivity index (χ2v) is 7.60. The average molecular weight is 299 g/mol. The van der Waals surface area contributed by atoms with E-state index in [-0.39, 0.29) is 30.0 Å². The van der Waals surface area contributed by atoms with Gasteiger partial charge >= 0.3 is 6.03 Å². The first kappa shape index (κ1) is 18.2. The number of urea groups is 1. The third-order valence-electron chi connectivity index (χ3n) is 4.27. The Morgan fingerprint density at radius 1 is 1.43 bits per heavy atom. The molecule has 1 aliphatic rings. The average Bonchev–Trinajstić information content (AvgIpc) is 2.41. The molecular weight excluding hydrogens is 266 g/mol. The number of rotatable bonds is 5. The van der Waals surface area contributed by atoms with E-state index in [1.54, 1.807) is 0 Å². The summed E-state index contributed by atoms with van der Waals surface area (Å²) in [6, 6.07) is 0.175. The molecule has 124 valence electrons. The van der Waals surface area contributed by atoms with Crippen LogP contribution in [0.4, 0.5) is 4.79 Å². The molecule has 1 rings (SSSR count). The van der Waals surface area contributed by atoms with Crippen LogP contribution in [0.1, 0.15) is 40.0 Å². The summed E-state index contributed by atoms with van der Waals surface area (Å²) in [4.78, 5) is 16.5. The normalized spacial score (nSPS) is 21.5. The highest BCUT2D eigenvalue weighted by Crippen LogP contribution is 2.23. The Morgan fingerprint density at radius 3 is 2.62 bits per heavy atom. The van der Waals surface area contributed by atoms with Crippen molar-refractivity contribution in [3.63, 3.8) is 0 Å². The Balaban J connectivity index is 2.58. The number of nitrogens with zero attached hydrogens (tertiary/aromatic N) is 2. The van der Waals surface area contributed by atoms with E-state index in [9.17, 15) is 9.90 Å². The van der Waals surface area contributed by atoms with Gasteiger partial charge in [-0.1, -0.05) is 20.8 Å². The van der Waals surface area contributed by atoms with Crippen LogP contribution in [-0.2, 0) is 0 Å². The predicted octanol–water partition coefficient (Wildman–Crippen LogP) is 1.77. The fourth-order valence-corrected chi connectivity index (χ4v) is 2.75. The van der Waals surface area contributed by atoms with Gasteiger partial charge in [-0.3, -0.25) is 0 Å². The van der Waals surface area contributed by atoms with Gasteiger partial charge in [-0.2, -0.15) is 0 Å². The zero-order valence-corrected chi connectivity index (χ0v) is 14.4. The van der Waals surface area contributed by atoms with Gasteiger partial charge in [0, 0.05) is 25.7 Å². The van der Waals surface area contributed by atoms with Crippen molar-refractivity contribution in [2.24, 2.45) is 11.3 Å². The Morgan fingerprint density at radius 2 is 2.10 bits per heavy atom. The zero-order chi connectivity index (χ0) is 16.0. The van der Waals surface area contributed by atoms with Gasteiger partial charge in [0.05, 0.1) is 0 Å². The molecule has 1 saturated heterocycles. The Hall–Kier alpha value is -0.810. The Kier molecular flexibility index (Phi) is 6.94. The summed E-state index contributed by atoms with van der Waals surface area (Å²) in [5.74, 6) is 0.236. The van der Waals surface area contributed by atoms with E-state index < -0.39 is 0 Å². The van der Waals surface area contributed by atoms with Crippen molar-refractivity contribution < 1.29 is 9.90 Å². The standard InChI is InChI=1S/C16H33N3O2/c1-16(2,3)14(8-10-18(4)5)17-15(21)19-9-6-7-13(11-19)12-20/h13-14,20H,6-12H2,1-5H3,(H,17,21). The molecule has 1 aliphatic heterocycles. The number of aliphatic hydroxyl groups is 1. The second kappa shape index (κ2) is 7.99. The van der Waals surface area contributed by atoms with Crippen molar-refractivity contribution in [3.05, 3.63) is 0 Å². The van der Waals surface area contributed by atoms with Crippen LogP contribution in [0.25, 0.3) is 0 Å². The number of carbonyl (C=O) groups is 1. The van der Waals surface area contributed by atoms with E-state index in [4.69, 9.17) is 0 Å². The second-order valence-electron chi connectivity index (χ2n) is 7.60. The van der Waals surface area contributed by atoms with Crippen LogP contribution in [0.3, 0.4) is 0 Å². The van der Waals surface area contributed by atoms with Gasteiger partial charge in [-0.05, 0) is 51.2 Å². The zero-order valence-electron chi connectivity index (χ0n) is 14.4. The fraction of sp³-hybridized carbons (Fsp3) is 0.938. The van der Waals surface area contributed by atoms with Gasteiger partial charge in [0.25, 0.3) is 0 Å². The lowest BCUT2D eigenvalue weighted by Crippen LogP contribution is -2.52. The molecule has 5 nitrogen and oxygen atoms in total. The lowest BCUT2D eigenvalue weighted by Gasteiger charge is -2.37. The molecule has 0 aliphatic carbocycles. The summed E-state index contributed by atoms with van der Waals surface area (Å²) >= 11 is 0. The summed E-state index contributed by atoms with van der Waals surface area (Å²) in [5, 5.41) is 12.5. The molecule has 21 heavy (non-hydrogen) atoms. The summed E-state index contributed by atoms with van der Waals surface area (Å²) in [6.45, 7) is 9.11. The minimum absolute atomic E-state index is 0.0202. The molecule has 2 amide bonds. The number of aliphatic hydroxyl groups excluding tert-OH is 1. The maximum Gasteiger partial charge on any atom is 0.317 e. The highest BCUT2D eigenvalue weighted by molar-refractivity contribution is 5.74. The van der Waals surface area contributed by atoms with Crippen LogP contribution < -0.4 is 5.32 Å². The molecule has 5 heteroatoms. The van der Waals surface area contributed by atoms with Gasteiger partial charge in [-0.25, -0.2) is 4.79 Å². The number of piperidine rings is 1. The smallest absolute Gasteiger partial charge is 0.317 e. The molecule has 1 heterocycles. The molecule has 0 saturated carbocycles. The number of hydrogen-bond acceptors (Lipinski definition) is 3. The summed E-state index contributed by atoms with van der Waals surface area (Å²) in [7, 11) is 4.11. The van der Waals surface area contributed by atoms with Crippen LogP contribution in [0.5, 0.6) is 0 Å². The van der Waals surface area contributed by atoms with Gasteiger partial charge in [-0.15, -0.1) is 0 Å². The number of likely N-dealkylation sites (tertiary alicyclic amines) is 1. The SMILES string of the molecule is CN(C)CCC(NC(=O)N1CCCC(CO)C1)C(C)(C)C. The van der Waals surface area contributed by atoms with Crippen LogP contribution in [0.2, 0.25) is 0 Å². The third-order valence-corrected chi connectivity index (χ3v) is 4.27. The molecule has 0 aromatic rings. The number of hydrogen-bond donors (Lipinski definition) is 2. The quantitative estimate of drug-likeness (QED) is 0.813. The molecule has 0 aromatic carbocycles. The lowest BCUT2D eigenvalue weighted by molar-refractivity contribution is 0.122. The minimum Gasteiger partial charge on any atom is -0.396 e. The van der Waals surface area contributed by atoms with Gasteiger partial charge in [0.15, 0.2) is 0 Å². The van der Waals surface area contributed by atoms with Crippen LogP contribution in [0.15, 0.2) is 0 Å². The molecular formula is C16H33N3O2. The highest BCUT2D eigenvalue weighted by Gasteiger charge is 2.29. The molecule has 0 radical (unpaired) electrons. The maximum absolute atomic E-state index is 12.5. The van der Waals surface area contributed by atoms with Crippen molar-refractivity contribution in [1.29, 1.82) is 0 Å². The minimum atomic E-state index is 0.0202. The van der Waals surface area contributed by atoms with Crippen LogP contribution in [0, 0.1) is 11.3 Å². The van der Waals surface area contributed by atoms with Crippen LogP contribution in [-0.4, -0.2) is 67.3 Å². The van der Waals surface area contributed by atoms with Crippen molar-refractivity contribution in [1.82, 2.24) is 15.1 Å². The first-order valence-corrected chi connectivity index (χ1v) is 8.05. The molecule has 0 aromatic heterocycles. The first-order chi connectivity index (χ1) is 9.74. The van der Waals surface area contributed by atoms with Gasteiger partial charge in [0.2, 0.25) is 0 Å². The third kappa shape index (κ3) is 6.22. The number of carbonyl (C=O) groups excluding carboxylic acids is 1. The molecule has 2 atom stereocenters. The van der Waals surface area contributed by atoms with Crippen molar-refractivity contribution in [2.45, 2.75) is 46.1 Å². The van der Waals surface area contributed by atoms with E-state index in [0.717, 1.165) is 32.4 Å². The predicted molar refractivity (Wildman–Crippen MR) is 86.3 cm³/mol. The molecule has 2 N–H and O–H groups in total. The van der Waals surface area contributed by atoms with Gasteiger partial charge < -0.3 is 20.2 Å². The monoisotopic (exact) mass is 299 g/mol. The Labute approximate surface area is 129 Å². The molecule has 1 fully saturated rings. The van der Waals surface area contributed by atoms with Gasteiger partial charge in [0.1, 0.15) is 0 Å². The summed E-state index contributed by atoms with van der Waals surface area (Å²) in [6.07, 6.45) is 2.94. The molecule has 0 bridgehead atoms. The van der Waals surface area contributed by atoms with E-state index in [2.05, 4.69) is 45.1 Å². The van der Waals surface area contributed by atoms with E-state index >= 15 is 0 Å². The topological polar surface area (TPSA) is 55.8 Å². The lowest BCUT2D eigenvalue weighted by atomic mass is 9.84. The van der Waals surface area contributed by atoms with E-state index in [1.165, 1.54) is 0 Å². The number of amides is 2. The molecule has 0 spiro atoms. The fourth-order valence-electron chi connectivity index (χ4n) is 2.75. The summed E-state index contributed by atoms with van der Waals surface area (Å²) < 4.78 is 0. The first-order valence-electron chi connectivity index (χ1n) is 8.05. The maximum atomic E-state index is 12.5. The Bertz CT molecular complexity index is 326. The highest BCUT2D eigenvalue weighted by atomic mass is 16.3. The molecule has 2 unspecified atom stereocenters. The van der Waals surface area contributed by atoms with Crippen molar-refractivity contribution in [2.75, 3.05) is 40.3 Å². The van der Waals surface area contributed by atoms with E-state index in [1.807, 2.05) is 4.90 Å². The largest absolute Gasteiger partial charge is 0.396 e. The number of nitrogens with one attached hydrogen (secondary N) is 1.